The van der Waals surface area contributed by atoms with Gasteiger partial charge < -0.3 is 10.1 Å². The van der Waals surface area contributed by atoms with E-state index in [1.165, 1.54) is 12.1 Å². The minimum absolute atomic E-state index is 0.259. The number of benzene rings is 1. The van der Waals surface area contributed by atoms with Gasteiger partial charge in [-0.1, -0.05) is 6.92 Å². The van der Waals surface area contributed by atoms with Crippen molar-refractivity contribution in [1.82, 2.24) is 5.32 Å². The first-order valence-electron chi connectivity index (χ1n) is 5.92. The zero-order valence-corrected chi connectivity index (χ0v) is 11.1. The van der Waals surface area contributed by atoms with E-state index in [1.807, 2.05) is 29.8 Å². The summed E-state index contributed by atoms with van der Waals surface area (Å²) < 4.78 is 19.0. The molecule has 0 radical (unpaired) electrons. The van der Waals surface area contributed by atoms with Crippen molar-refractivity contribution in [3.63, 3.8) is 0 Å². The van der Waals surface area contributed by atoms with Gasteiger partial charge in [-0.05, 0) is 46.6 Å². The Hall–Kier alpha value is -1.39. The summed E-state index contributed by atoms with van der Waals surface area (Å²) in [7, 11) is 0. The molecule has 0 saturated heterocycles. The molecule has 1 N–H and O–H groups in total. The maximum absolute atomic E-state index is 13.4. The fraction of sp³-hybridized carbons (Fsp3) is 0.286. The van der Waals surface area contributed by atoms with Crippen LogP contribution in [0.3, 0.4) is 0 Å². The molecular weight excluding hydrogens is 249 g/mol. The average molecular weight is 265 g/mol. The van der Waals surface area contributed by atoms with Gasteiger partial charge in [-0.3, -0.25) is 0 Å². The van der Waals surface area contributed by atoms with Gasteiger partial charge in [-0.25, -0.2) is 4.39 Å². The highest BCUT2D eigenvalue weighted by molar-refractivity contribution is 7.07. The molecule has 0 fully saturated rings. The molecule has 0 unspecified atom stereocenters. The van der Waals surface area contributed by atoms with Gasteiger partial charge in [0.2, 0.25) is 0 Å². The second-order valence-electron chi connectivity index (χ2n) is 4.00. The summed E-state index contributed by atoms with van der Waals surface area (Å²) in [5, 5.41) is 7.20. The van der Waals surface area contributed by atoms with Crippen molar-refractivity contribution in [2.45, 2.75) is 20.1 Å². The minimum Gasteiger partial charge on any atom is -0.489 e. The van der Waals surface area contributed by atoms with Gasteiger partial charge in [0, 0.05) is 12.6 Å². The Balaban J connectivity index is 2.00. The van der Waals surface area contributed by atoms with E-state index in [-0.39, 0.29) is 5.82 Å². The monoisotopic (exact) mass is 265 g/mol. The third-order valence-electron chi connectivity index (χ3n) is 2.50. The summed E-state index contributed by atoms with van der Waals surface area (Å²) in [5.41, 5.74) is 2.01. The molecule has 0 aliphatic carbocycles. The van der Waals surface area contributed by atoms with Crippen LogP contribution in [0.4, 0.5) is 4.39 Å². The van der Waals surface area contributed by atoms with Crippen LogP contribution in [-0.4, -0.2) is 6.54 Å². The standard InChI is InChI=1S/C14H16FNOS/c1-2-16-8-12-5-13(15)7-14(6-12)17-9-11-3-4-18-10-11/h3-7,10,16H,2,8-9H2,1H3. The molecule has 2 aromatic rings. The highest BCUT2D eigenvalue weighted by Crippen LogP contribution is 2.18. The van der Waals surface area contributed by atoms with E-state index in [0.717, 1.165) is 17.7 Å². The number of thiophene rings is 1. The zero-order chi connectivity index (χ0) is 12.8. The molecule has 2 rings (SSSR count). The van der Waals surface area contributed by atoms with Gasteiger partial charge in [0.1, 0.15) is 18.2 Å². The lowest BCUT2D eigenvalue weighted by Gasteiger charge is -2.08. The Bertz CT molecular complexity index is 485. The van der Waals surface area contributed by atoms with Crippen molar-refractivity contribution in [2.75, 3.05) is 6.54 Å². The van der Waals surface area contributed by atoms with Crippen LogP contribution >= 0.6 is 11.3 Å². The quantitative estimate of drug-likeness (QED) is 0.862. The Kier molecular flexibility index (Phi) is 4.73. The van der Waals surface area contributed by atoms with E-state index in [1.54, 1.807) is 11.3 Å². The number of hydrogen-bond donors (Lipinski definition) is 1. The van der Waals surface area contributed by atoms with Crippen LogP contribution in [0.15, 0.2) is 35.0 Å². The molecule has 0 amide bonds. The van der Waals surface area contributed by atoms with E-state index >= 15 is 0 Å². The Labute approximate surface area is 110 Å². The molecule has 1 heterocycles. The van der Waals surface area contributed by atoms with Gasteiger partial charge in [0.15, 0.2) is 0 Å². The minimum atomic E-state index is -0.259. The van der Waals surface area contributed by atoms with Crippen molar-refractivity contribution >= 4 is 11.3 Å². The second kappa shape index (κ2) is 6.52. The Morgan fingerprint density at radius 1 is 1.28 bits per heavy atom. The molecule has 1 aromatic heterocycles. The van der Waals surface area contributed by atoms with E-state index in [4.69, 9.17) is 4.74 Å². The average Bonchev–Trinajstić information content (AvgIpc) is 2.86. The molecule has 0 spiro atoms. The molecular formula is C14H16FNOS. The van der Waals surface area contributed by atoms with Crippen LogP contribution in [0.2, 0.25) is 0 Å². The summed E-state index contributed by atoms with van der Waals surface area (Å²) in [6.45, 7) is 4.02. The summed E-state index contributed by atoms with van der Waals surface area (Å²) in [4.78, 5) is 0. The molecule has 0 aliphatic heterocycles. The zero-order valence-electron chi connectivity index (χ0n) is 10.3. The maximum atomic E-state index is 13.4. The first kappa shape index (κ1) is 13.1. The molecule has 18 heavy (non-hydrogen) atoms. The molecule has 4 heteroatoms. The lowest BCUT2D eigenvalue weighted by Crippen LogP contribution is -2.12. The topological polar surface area (TPSA) is 21.3 Å². The van der Waals surface area contributed by atoms with Crippen molar-refractivity contribution in [2.24, 2.45) is 0 Å². The Morgan fingerprint density at radius 3 is 2.89 bits per heavy atom. The highest BCUT2D eigenvalue weighted by atomic mass is 32.1. The van der Waals surface area contributed by atoms with Crippen LogP contribution in [0, 0.1) is 5.82 Å². The number of nitrogens with one attached hydrogen (secondary N) is 1. The van der Waals surface area contributed by atoms with Crippen LogP contribution in [0.5, 0.6) is 5.75 Å². The van der Waals surface area contributed by atoms with E-state index < -0.39 is 0 Å². The van der Waals surface area contributed by atoms with Crippen molar-refractivity contribution in [1.29, 1.82) is 0 Å². The van der Waals surface area contributed by atoms with Crippen LogP contribution in [0.1, 0.15) is 18.1 Å². The van der Waals surface area contributed by atoms with E-state index in [2.05, 4.69) is 5.32 Å². The normalized spacial score (nSPS) is 10.6. The lowest BCUT2D eigenvalue weighted by molar-refractivity contribution is 0.304. The summed E-state index contributed by atoms with van der Waals surface area (Å²) >= 11 is 1.63. The fourth-order valence-corrected chi connectivity index (χ4v) is 2.27. The molecule has 0 atom stereocenters. The molecule has 0 bridgehead atoms. The van der Waals surface area contributed by atoms with Crippen LogP contribution in [0.25, 0.3) is 0 Å². The Morgan fingerprint density at radius 2 is 2.17 bits per heavy atom. The maximum Gasteiger partial charge on any atom is 0.127 e. The summed E-state index contributed by atoms with van der Waals surface area (Å²) in [6.07, 6.45) is 0. The molecule has 1 aromatic carbocycles. The van der Waals surface area contributed by atoms with Gasteiger partial charge in [-0.2, -0.15) is 11.3 Å². The smallest absolute Gasteiger partial charge is 0.127 e. The van der Waals surface area contributed by atoms with Gasteiger partial charge >= 0.3 is 0 Å². The largest absolute Gasteiger partial charge is 0.489 e. The summed E-state index contributed by atoms with van der Waals surface area (Å²) in [6, 6.07) is 6.82. The van der Waals surface area contributed by atoms with E-state index in [0.29, 0.717) is 18.9 Å². The predicted molar refractivity (Wildman–Crippen MR) is 72.4 cm³/mol. The van der Waals surface area contributed by atoms with Gasteiger partial charge in [0.05, 0.1) is 0 Å². The molecule has 2 nitrogen and oxygen atoms in total. The van der Waals surface area contributed by atoms with Crippen molar-refractivity contribution in [3.05, 3.63) is 52.0 Å². The first-order valence-corrected chi connectivity index (χ1v) is 6.86. The molecule has 0 saturated carbocycles. The SMILES string of the molecule is CCNCc1cc(F)cc(OCc2ccsc2)c1. The number of rotatable bonds is 6. The third kappa shape index (κ3) is 3.82. The third-order valence-corrected chi connectivity index (χ3v) is 3.23. The fourth-order valence-electron chi connectivity index (χ4n) is 1.62. The first-order chi connectivity index (χ1) is 8.78. The number of hydrogen-bond acceptors (Lipinski definition) is 3. The van der Waals surface area contributed by atoms with Crippen LogP contribution < -0.4 is 10.1 Å². The van der Waals surface area contributed by atoms with Crippen LogP contribution in [-0.2, 0) is 13.2 Å². The lowest BCUT2D eigenvalue weighted by atomic mass is 10.2. The highest BCUT2D eigenvalue weighted by Gasteiger charge is 2.02. The van der Waals surface area contributed by atoms with Crippen molar-refractivity contribution in [3.8, 4) is 5.75 Å². The van der Waals surface area contributed by atoms with Crippen molar-refractivity contribution < 1.29 is 9.13 Å². The second-order valence-corrected chi connectivity index (χ2v) is 4.78. The van der Waals surface area contributed by atoms with Gasteiger partial charge in [0.25, 0.3) is 0 Å². The summed E-state index contributed by atoms with van der Waals surface area (Å²) in [5.74, 6) is 0.319. The van der Waals surface area contributed by atoms with Gasteiger partial charge in [-0.15, -0.1) is 0 Å². The molecule has 96 valence electrons. The number of ether oxygens (including phenoxy) is 1. The number of halogens is 1. The molecule has 0 aliphatic rings. The predicted octanol–water partition coefficient (Wildman–Crippen LogP) is 3.58. The van der Waals surface area contributed by atoms with E-state index in [9.17, 15) is 4.39 Å².